The molecule has 0 bridgehead atoms. The third-order valence-electron chi connectivity index (χ3n) is 2.87. The Hall–Kier alpha value is -1.91. The van der Waals surface area contributed by atoms with Gasteiger partial charge in [0.15, 0.2) is 0 Å². The quantitative estimate of drug-likeness (QED) is 0.430. The smallest absolute Gasteiger partial charge is 0.272 e. The number of nitro benzene ring substituents is 1. The highest BCUT2D eigenvalue weighted by atomic mass is 16.6. The molecule has 1 rings (SSSR count). The zero-order chi connectivity index (χ0) is 14.4. The first kappa shape index (κ1) is 15.1. The van der Waals surface area contributed by atoms with Crippen LogP contribution in [0.5, 0.6) is 5.75 Å². The van der Waals surface area contributed by atoms with Gasteiger partial charge in [-0.1, -0.05) is 0 Å². The monoisotopic (exact) mass is 265 g/mol. The molecule has 0 heterocycles. The summed E-state index contributed by atoms with van der Waals surface area (Å²) in [6.45, 7) is 5.58. The molecule has 0 amide bonds. The van der Waals surface area contributed by atoms with Crippen molar-refractivity contribution in [1.82, 2.24) is 0 Å². The second-order valence-electron chi connectivity index (χ2n) is 4.67. The maximum atomic E-state index is 10.8. The molecule has 19 heavy (non-hydrogen) atoms. The van der Waals surface area contributed by atoms with Gasteiger partial charge in [0.05, 0.1) is 11.5 Å². The maximum Gasteiger partial charge on any atom is 0.272 e. The summed E-state index contributed by atoms with van der Waals surface area (Å²) in [7, 11) is 0. The molecule has 0 atom stereocenters. The van der Waals surface area contributed by atoms with E-state index in [1.165, 1.54) is 6.07 Å². The summed E-state index contributed by atoms with van der Waals surface area (Å²) >= 11 is 0. The van der Waals surface area contributed by atoms with E-state index in [0.717, 1.165) is 18.4 Å². The highest BCUT2D eigenvalue weighted by Crippen LogP contribution is 2.27. The van der Waals surface area contributed by atoms with Crippen LogP contribution in [0.2, 0.25) is 0 Å². The minimum Gasteiger partial charge on any atom is -0.493 e. The molecule has 104 valence electrons. The number of rotatable bonds is 7. The number of carbonyl (C=O) groups is 1. The number of ketones is 1. The highest BCUT2D eigenvalue weighted by molar-refractivity contribution is 5.75. The number of hydrogen-bond donors (Lipinski definition) is 0. The lowest BCUT2D eigenvalue weighted by Crippen LogP contribution is -2.02. The summed E-state index contributed by atoms with van der Waals surface area (Å²) in [5.41, 5.74) is 1.46. The predicted molar refractivity (Wildman–Crippen MR) is 72.6 cm³/mol. The fraction of sp³-hybridized carbons (Fsp3) is 0.500. The normalized spacial score (nSPS) is 10.3. The molecular weight excluding hydrogens is 246 g/mol. The van der Waals surface area contributed by atoms with Gasteiger partial charge in [-0.15, -0.1) is 0 Å². The lowest BCUT2D eigenvalue weighted by molar-refractivity contribution is -0.385. The number of hydrogen-bond acceptors (Lipinski definition) is 4. The molecule has 0 fully saturated rings. The summed E-state index contributed by atoms with van der Waals surface area (Å²) in [5.74, 6) is 0.855. The van der Waals surface area contributed by atoms with Gasteiger partial charge in [-0.3, -0.25) is 10.1 Å². The summed E-state index contributed by atoms with van der Waals surface area (Å²) in [4.78, 5) is 21.2. The first-order chi connectivity index (χ1) is 8.91. The summed E-state index contributed by atoms with van der Waals surface area (Å²) in [5, 5.41) is 10.8. The Kier molecular flexibility index (Phi) is 5.48. The topological polar surface area (TPSA) is 69.4 Å². The standard InChI is InChI=1S/C14H19NO4/c1-10-9-14(11(2)8-13(10)15(17)18)19-7-5-4-6-12(3)16/h8-9H,4-7H2,1-3H3. The number of Topliss-reactive ketones (excluding diaryl/α,β-unsaturated/α-hetero) is 1. The molecule has 5 nitrogen and oxygen atoms in total. The molecule has 0 unspecified atom stereocenters. The molecule has 1 aromatic carbocycles. The van der Waals surface area contributed by atoms with Gasteiger partial charge in [0.1, 0.15) is 11.5 Å². The lowest BCUT2D eigenvalue weighted by Gasteiger charge is -2.10. The molecule has 1 aromatic rings. The number of nitro groups is 1. The number of nitrogens with zero attached hydrogens (tertiary/aromatic N) is 1. The second-order valence-corrected chi connectivity index (χ2v) is 4.67. The van der Waals surface area contributed by atoms with Crippen molar-refractivity contribution in [2.75, 3.05) is 6.61 Å². The fourth-order valence-electron chi connectivity index (χ4n) is 1.78. The average Bonchev–Trinajstić information content (AvgIpc) is 2.31. The first-order valence-electron chi connectivity index (χ1n) is 6.29. The van der Waals surface area contributed by atoms with Crippen LogP contribution in [-0.2, 0) is 4.79 Å². The molecule has 0 spiro atoms. The van der Waals surface area contributed by atoms with Crippen molar-refractivity contribution in [3.8, 4) is 5.75 Å². The summed E-state index contributed by atoms with van der Waals surface area (Å²) in [6, 6.07) is 3.22. The van der Waals surface area contributed by atoms with Gasteiger partial charge >= 0.3 is 0 Å². The molecular formula is C14H19NO4. The van der Waals surface area contributed by atoms with Gasteiger partial charge < -0.3 is 9.53 Å². The van der Waals surface area contributed by atoms with Crippen molar-refractivity contribution in [3.05, 3.63) is 33.4 Å². The van der Waals surface area contributed by atoms with Crippen molar-refractivity contribution in [2.24, 2.45) is 0 Å². The van der Waals surface area contributed by atoms with Gasteiger partial charge in [0.25, 0.3) is 5.69 Å². The Labute approximate surface area is 112 Å². The van der Waals surface area contributed by atoms with Gasteiger partial charge in [-0.25, -0.2) is 0 Å². The molecule has 0 aliphatic carbocycles. The SMILES string of the molecule is CC(=O)CCCCOc1cc(C)c([N+](=O)[O-])cc1C. The van der Waals surface area contributed by atoms with E-state index in [1.54, 1.807) is 26.8 Å². The van der Waals surface area contributed by atoms with Crippen LogP contribution in [0.25, 0.3) is 0 Å². The van der Waals surface area contributed by atoms with Crippen LogP contribution < -0.4 is 4.74 Å². The lowest BCUT2D eigenvalue weighted by atomic mass is 10.1. The molecule has 0 radical (unpaired) electrons. The van der Waals surface area contributed by atoms with E-state index in [2.05, 4.69) is 0 Å². The average molecular weight is 265 g/mol. The van der Waals surface area contributed by atoms with E-state index in [1.807, 2.05) is 0 Å². The van der Waals surface area contributed by atoms with Crippen LogP contribution in [-0.4, -0.2) is 17.3 Å². The van der Waals surface area contributed by atoms with Crippen LogP contribution in [0.3, 0.4) is 0 Å². The Morgan fingerprint density at radius 1 is 1.26 bits per heavy atom. The Bertz CT molecular complexity index is 483. The summed E-state index contributed by atoms with van der Waals surface area (Å²) in [6.07, 6.45) is 2.18. The zero-order valence-corrected chi connectivity index (χ0v) is 11.6. The van der Waals surface area contributed by atoms with Crippen molar-refractivity contribution < 1.29 is 14.5 Å². The Balaban J connectivity index is 2.57. The largest absolute Gasteiger partial charge is 0.493 e. The molecule has 0 saturated heterocycles. The minimum atomic E-state index is -0.390. The Morgan fingerprint density at radius 2 is 1.95 bits per heavy atom. The third kappa shape index (κ3) is 4.69. The van der Waals surface area contributed by atoms with Crippen molar-refractivity contribution in [3.63, 3.8) is 0 Å². The predicted octanol–water partition coefficient (Wildman–Crippen LogP) is 3.35. The maximum absolute atomic E-state index is 10.8. The van der Waals surface area contributed by atoms with Gasteiger partial charge in [0.2, 0.25) is 0 Å². The molecule has 0 aliphatic rings. The molecule has 5 heteroatoms. The van der Waals surface area contributed by atoms with E-state index < -0.39 is 0 Å². The number of carbonyl (C=O) groups excluding carboxylic acids is 1. The van der Waals surface area contributed by atoms with Crippen molar-refractivity contribution >= 4 is 11.5 Å². The van der Waals surface area contributed by atoms with E-state index in [0.29, 0.717) is 24.3 Å². The van der Waals surface area contributed by atoms with E-state index in [4.69, 9.17) is 4.74 Å². The first-order valence-corrected chi connectivity index (χ1v) is 6.29. The number of unbranched alkanes of at least 4 members (excludes halogenated alkanes) is 1. The van der Waals surface area contributed by atoms with E-state index in [-0.39, 0.29) is 16.4 Å². The second kappa shape index (κ2) is 6.87. The molecule has 0 aliphatic heterocycles. The third-order valence-corrected chi connectivity index (χ3v) is 2.87. The van der Waals surface area contributed by atoms with Gasteiger partial charge in [-0.05, 0) is 45.2 Å². The number of benzene rings is 1. The van der Waals surface area contributed by atoms with Gasteiger partial charge in [-0.2, -0.15) is 0 Å². The van der Waals surface area contributed by atoms with Crippen LogP contribution in [0.4, 0.5) is 5.69 Å². The molecule has 0 N–H and O–H groups in total. The van der Waals surface area contributed by atoms with Crippen LogP contribution in [0.1, 0.15) is 37.3 Å². The van der Waals surface area contributed by atoms with Gasteiger partial charge in [0, 0.05) is 18.1 Å². The van der Waals surface area contributed by atoms with Crippen LogP contribution in [0.15, 0.2) is 12.1 Å². The van der Waals surface area contributed by atoms with Crippen LogP contribution in [0, 0.1) is 24.0 Å². The Morgan fingerprint density at radius 3 is 2.53 bits per heavy atom. The van der Waals surface area contributed by atoms with E-state index >= 15 is 0 Å². The summed E-state index contributed by atoms with van der Waals surface area (Å²) < 4.78 is 5.60. The van der Waals surface area contributed by atoms with Crippen molar-refractivity contribution in [1.29, 1.82) is 0 Å². The minimum absolute atomic E-state index is 0.112. The number of aryl methyl sites for hydroxylation is 2. The molecule has 0 aromatic heterocycles. The zero-order valence-electron chi connectivity index (χ0n) is 11.6. The fourth-order valence-corrected chi connectivity index (χ4v) is 1.78. The molecule has 0 saturated carbocycles. The number of ether oxygens (including phenoxy) is 1. The van der Waals surface area contributed by atoms with Crippen molar-refractivity contribution in [2.45, 2.75) is 40.0 Å². The van der Waals surface area contributed by atoms with Crippen LogP contribution >= 0.6 is 0 Å². The van der Waals surface area contributed by atoms with E-state index in [9.17, 15) is 14.9 Å². The highest BCUT2D eigenvalue weighted by Gasteiger charge is 2.13.